The Hall–Kier alpha value is -1.63. The van der Waals surface area contributed by atoms with Crippen molar-refractivity contribution in [2.45, 2.75) is 20.8 Å². The average Bonchev–Trinajstić information content (AvgIpc) is 2.23. The molecule has 0 aliphatic heterocycles. The van der Waals surface area contributed by atoms with Gasteiger partial charge in [-0.05, 0) is 54.3 Å². The molecule has 0 saturated carbocycles. The molecule has 2 aromatic carbocycles. The lowest BCUT2D eigenvalue weighted by Crippen LogP contribution is -1.93. The molecule has 0 aromatic heterocycles. The maximum atomic E-state index is 10.9. The molecule has 1 heteroatoms. The smallest absolute Gasteiger partial charge is 0.150 e. The molecule has 0 unspecified atom stereocenters. The van der Waals surface area contributed by atoms with Crippen LogP contribution in [0.15, 0.2) is 24.3 Å². The minimum Gasteiger partial charge on any atom is -0.298 e. The lowest BCUT2D eigenvalue weighted by Gasteiger charge is -2.10. The van der Waals surface area contributed by atoms with E-state index in [1.807, 2.05) is 19.1 Å². The molecule has 0 bridgehead atoms. The van der Waals surface area contributed by atoms with Crippen LogP contribution in [0.25, 0.3) is 10.8 Å². The summed E-state index contributed by atoms with van der Waals surface area (Å²) in [6.45, 7) is 6.19. The SMILES string of the molecule is Cc1c(C=O)cc2cccc(C)c2c1C. The van der Waals surface area contributed by atoms with Gasteiger partial charge in [0.1, 0.15) is 6.29 Å². The average molecular weight is 198 g/mol. The summed E-state index contributed by atoms with van der Waals surface area (Å²) in [5.74, 6) is 0. The van der Waals surface area contributed by atoms with Gasteiger partial charge in [-0.3, -0.25) is 4.79 Å². The molecule has 0 saturated heterocycles. The molecule has 0 atom stereocenters. The minimum absolute atomic E-state index is 0.797. The van der Waals surface area contributed by atoms with Gasteiger partial charge in [0.15, 0.2) is 0 Å². The first-order valence-electron chi connectivity index (χ1n) is 5.10. The number of benzene rings is 2. The Balaban J connectivity index is 2.97. The van der Waals surface area contributed by atoms with Gasteiger partial charge in [0, 0.05) is 5.56 Å². The summed E-state index contributed by atoms with van der Waals surface area (Å²) in [7, 11) is 0. The monoisotopic (exact) mass is 198 g/mol. The summed E-state index contributed by atoms with van der Waals surface area (Å²) in [5.41, 5.74) is 4.37. The lowest BCUT2D eigenvalue weighted by molar-refractivity contribution is 0.112. The number of hydrogen-bond acceptors (Lipinski definition) is 1. The lowest BCUT2D eigenvalue weighted by atomic mass is 9.94. The first-order valence-corrected chi connectivity index (χ1v) is 5.10. The molecule has 0 spiro atoms. The first-order chi connectivity index (χ1) is 7.15. The Bertz CT molecular complexity index is 539. The van der Waals surface area contributed by atoms with Crippen LogP contribution in [-0.4, -0.2) is 6.29 Å². The highest BCUT2D eigenvalue weighted by Crippen LogP contribution is 2.26. The molecule has 15 heavy (non-hydrogen) atoms. The van der Waals surface area contributed by atoms with Gasteiger partial charge < -0.3 is 0 Å². The zero-order chi connectivity index (χ0) is 11.0. The van der Waals surface area contributed by atoms with Crippen molar-refractivity contribution >= 4 is 17.1 Å². The molecule has 0 heterocycles. The van der Waals surface area contributed by atoms with E-state index in [-0.39, 0.29) is 0 Å². The van der Waals surface area contributed by atoms with Gasteiger partial charge in [-0.1, -0.05) is 18.2 Å². The summed E-state index contributed by atoms with van der Waals surface area (Å²) in [6, 6.07) is 8.16. The molecule has 0 aliphatic rings. The van der Waals surface area contributed by atoms with E-state index in [1.54, 1.807) is 0 Å². The van der Waals surface area contributed by atoms with Gasteiger partial charge in [0.2, 0.25) is 0 Å². The van der Waals surface area contributed by atoms with E-state index < -0.39 is 0 Å². The molecule has 2 aromatic rings. The number of carbonyl (C=O) groups excluding carboxylic acids is 1. The molecule has 0 amide bonds. The number of rotatable bonds is 1. The second kappa shape index (κ2) is 3.50. The maximum absolute atomic E-state index is 10.9. The van der Waals surface area contributed by atoms with E-state index in [4.69, 9.17) is 0 Å². The summed E-state index contributed by atoms with van der Waals surface area (Å²) in [5, 5.41) is 2.43. The van der Waals surface area contributed by atoms with Crippen LogP contribution in [0.4, 0.5) is 0 Å². The fourth-order valence-electron chi connectivity index (χ4n) is 2.13. The van der Waals surface area contributed by atoms with E-state index in [0.29, 0.717) is 0 Å². The van der Waals surface area contributed by atoms with E-state index in [2.05, 4.69) is 26.0 Å². The van der Waals surface area contributed by atoms with E-state index in [1.165, 1.54) is 16.5 Å². The van der Waals surface area contributed by atoms with Gasteiger partial charge in [-0.2, -0.15) is 0 Å². The van der Waals surface area contributed by atoms with Crippen molar-refractivity contribution in [2.75, 3.05) is 0 Å². The molecule has 0 fully saturated rings. The van der Waals surface area contributed by atoms with E-state index >= 15 is 0 Å². The molecule has 0 aliphatic carbocycles. The van der Waals surface area contributed by atoms with Crippen molar-refractivity contribution < 1.29 is 4.79 Å². The van der Waals surface area contributed by atoms with Crippen LogP contribution >= 0.6 is 0 Å². The van der Waals surface area contributed by atoms with Gasteiger partial charge >= 0.3 is 0 Å². The minimum atomic E-state index is 0.797. The Morgan fingerprint density at radius 3 is 2.47 bits per heavy atom. The molecule has 2 rings (SSSR count). The number of aldehydes is 1. The van der Waals surface area contributed by atoms with Crippen molar-refractivity contribution in [3.05, 3.63) is 46.5 Å². The fraction of sp³-hybridized carbons (Fsp3) is 0.214. The largest absolute Gasteiger partial charge is 0.298 e. The van der Waals surface area contributed by atoms with Gasteiger partial charge in [-0.15, -0.1) is 0 Å². The highest BCUT2D eigenvalue weighted by Gasteiger charge is 2.07. The molecule has 0 radical (unpaired) electrons. The molecule has 76 valence electrons. The van der Waals surface area contributed by atoms with Crippen molar-refractivity contribution in [3.63, 3.8) is 0 Å². The van der Waals surface area contributed by atoms with Crippen molar-refractivity contribution in [3.8, 4) is 0 Å². The van der Waals surface area contributed by atoms with Crippen molar-refractivity contribution in [1.29, 1.82) is 0 Å². The predicted octanol–water partition coefficient (Wildman–Crippen LogP) is 3.58. The van der Waals surface area contributed by atoms with E-state index in [9.17, 15) is 4.79 Å². The number of hydrogen-bond donors (Lipinski definition) is 0. The fourth-order valence-corrected chi connectivity index (χ4v) is 2.13. The summed E-state index contributed by atoms with van der Waals surface area (Å²) in [4.78, 5) is 10.9. The second-order valence-electron chi connectivity index (χ2n) is 4.01. The zero-order valence-corrected chi connectivity index (χ0v) is 9.29. The van der Waals surface area contributed by atoms with Gasteiger partial charge in [-0.25, -0.2) is 0 Å². The molecular weight excluding hydrogens is 184 g/mol. The second-order valence-corrected chi connectivity index (χ2v) is 4.01. The molecule has 1 nitrogen and oxygen atoms in total. The number of carbonyl (C=O) groups is 1. The maximum Gasteiger partial charge on any atom is 0.150 e. The quantitative estimate of drug-likeness (QED) is 0.640. The van der Waals surface area contributed by atoms with Crippen molar-refractivity contribution in [1.82, 2.24) is 0 Å². The third kappa shape index (κ3) is 1.44. The normalized spacial score (nSPS) is 10.6. The summed E-state index contributed by atoms with van der Waals surface area (Å²) < 4.78 is 0. The summed E-state index contributed by atoms with van der Waals surface area (Å²) >= 11 is 0. The highest BCUT2D eigenvalue weighted by atomic mass is 16.1. The van der Waals surface area contributed by atoms with Crippen LogP contribution in [-0.2, 0) is 0 Å². The topological polar surface area (TPSA) is 17.1 Å². The van der Waals surface area contributed by atoms with Crippen LogP contribution in [0.3, 0.4) is 0 Å². The molecule has 0 N–H and O–H groups in total. The Morgan fingerprint density at radius 2 is 1.80 bits per heavy atom. The Morgan fingerprint density at radius 1 is 1.07 bits per heavy atom. The molecular formula is C14H14O. The van der Waals surface area contributed by atoms with Crippen LogP contribution in [0.1, 0.15) is 27.0 Å². The van der Waals surface area contributed by atoms with Gasteiger partial charge in [0.05, 0.1) is 0 Å². The zero-order valence-electron chi connectivity index (χ0n) is 9.29. The Labute approximate surface area is 89.7 Å². The van der Waals surface area contributed by atoms with Crippen LogP contribution in [0.2, 0.25) is 0 Å². The van der Waals surface area contributed by atoms with Gasteiger partial charge in [0.25, 0.3) is 0 Å². The Kier molecular flexibility index (Phi) is 2.31. The van der Waals surface area contributed by atoms with Crippen LogP contribution in [0, 0.1) is 20.8 Å². The van der Waals surface area contributed by atoms with Crippen LogP contribution < -0.4 is 0 Å². The highest BCUT2D eigenvalue weighted by molar-refractivity contribution is 5.95. The standard InChI is InChI=1S/C14H14O/c1-9-5-4-6-12-7-13(8-15)10(2)11(3)14(9)12/h4-8H,1-3H3. The first kappa shape index (κ1) is 9.91. The predicted molar refractivity (Wildman–Crippen MR) is 63.5 cm³/mol. The number of fused-ring (bicyclic) bond motifs is 1. The van der Waals surface area contributed by atoms with Crippen LogP contribution in [0.5, 0.6) is 0 Å². The number of aryl methyl sites for hydroxylation is 2. The summed E-state index contributed by atoms with van der Waals surface area (Å²) in [6.07, 6.45) is 0.935. The van der Waals surface area contributed by atoms with E-state index in [0.717, 1.165) is 22.8 Å². The van der Waals surface area contributed by atoms with Crippen molar-refractivity contribution in [2.24, 2.45) is 0 Å². The third-order valence-electron chi connectivity index (χ3n) is 3.11. The third-order valence-corrected chi connectivity index (χ3v) is 3.11.